The van der Waals surface area contributed by atoms with Crippen molar-refractivity contribution in [2.45, 2.75) is 18.6 Å². The Morgan fingerprint density at radius 2 is 2.24 bits per heavy atom. The number of rotatable bonds is 6. The maximum Gasteiger partial charge on any atom is 0.271 e. The predicted octanol–water partition coefficient (Wildman–Crippen LogP) is 2.16. The van der Waals surface area contributed by atoms with E-state index in [2.05, 4.69) is 5.32 Å². The molecule has 0 aromatic heterocycles. The Kier molecular flexibility index (Phi) is 5.09. The third-order valence-electron chi connectivity index (χ3n) is 2.50. The molecule has 0 spiro atoms. The zero-order valence-electron chi connectivity index (χ0n) is 9.88. The van der Waals surface area contributed by atoms with E-state index in [-0.39, 0.29) is 10.9 Å². The van der Waals surface area contributed by atoms with E-state index < -0.39 is 15.7 Å². The van der Waals surface area contributed by atoms with Crippen LogP contribution in [0.15, 0.2) is 24.3 Å². The fraction of sp³-hybridized carbons (Fsp3) is 0.455. The monoisotopic (exact) mass is 256 g/mol. The Hall–Kier alpha value is -1.43. The normalized spacial score (nSPS) is 14.0. The molecule has 0 amide bonds. The second kappa shape index (κ2) is 6.34. The molecule has 1 N–H and O–H groups in total. The third kappa shape index (κ3) is 4.52. The number of hydrogen-bond acceptors (Lipinski definition) is 4. The van der Waals surface area contributed by atoms with Gasteiger partial charge < -0.3 is 5.32 Å². The number of nitro groups is 1. The Bertz CT molecular complexity index is 423. The molecule has 0 heterocycles. The van der Waals surface area contributed by atoms with Crippen molar-refractivity contribution in [3.63, 3.8) is 0 Å². The summed E-state index contributed by atoms with van der Waals surface area (Å²) in [6.45, 7) is 2.58. The van der Waals surface area contributed by atoms with Crippen molar-refractivity contribution in [3.05, 3.63) is 34.4 Å². The smallest absolute Gasteiger partial charge is 0.271 e. The molecular weight excluding hydrogens is 240 g/mol. The molecule has 1 aromatic rings. The van der Waals surface area contributed by atoms with Crippen molar-refractivity contribution in [3.8, 4) is 0 Å². The highest BCUT2D eigenvalue weighted by Crippen LogP contribution is 2.17. The first kappa shape index (κ1) is 13.6. The predicted molar refractivity (Wildman–Crippen MR) is 69.7 cm³/mol. The minimum Gasteiger partial charge on any atom is -0.385 e. The van der Waals surface area contributed by atoms with E-state index in [1.54, 1.807) is 18.4 Å². The summed E-state index contributed by atoms with van der Waals surface area (Å²) in [4.78, 5) is 10.1. The van der Waals surface area contributed by atoms with Crippen LogP contribution in [0.3, 0.4) is 0 Å². The molecule has 1 rings (SSSR count). The fourth-order valence-corrected chi connectivity index (χ4v) is 1.76. The molecule has 0 fully saturated rings. The van der Waals surface area contributed by atoms with Gasteiger partial charge >= 0.3 is 0 Å². The number of anilines is 1. The van der Waals surface area contributed by atoms with Crippen LogP contribution < -0.4 is 5.32 Å². The quantitative estimate of drug-likeness (QED) is 0.625. The van der Waals surface area contributed by atoms with E-state index in [0.717, 1.165) is 6.42 Å². The number of nitro benzene ring substituents is 1. The van der Waals surface area contributed by atoms with E-state index in [9.17, 15) is 14.3 Å². The van der Waals surface area contributed by atoms with Gasteiger partial charge in [0.1, 0.15) is 0 Å². The Morgan fingerprint density at radius 1 is 1.53 bits per heavy atom. The van der Waals surface area contributed by atoms with Crippen LogP contribution in [-0.4, -0.2) is 27.2 Å². The second-order valence-electron chi connectivity index (χ2n) is 3.83. The Balaban J connectivity index is 2.49. The zero-order chi connectivity index (χ0) is 12.8. The van der Waals surface area contributed by atoms with Crippen molar-refractivity contribution in [1.82, 2.24) is 0 Å². The molecule has 0 aliphatic carbocycles. The number of nitrogens with zero attached hydrogens (tertiary/aromatic N) is 1. The molecular formula is C11H16N2O3S. The SMILES string of the molecule is CC(CCNc1cccc([N+](=O)[O-])c1)S(C)=O. The molecule has 6 heteroatoms. The average molecular weight is 256 g/mol. The first-order chi connectivity index (χ1) is 8.00. The molecule has 2 unspecified atom stereocenters. The van der Waals surface area contributed by atoms with Gasteiger partial charge in [-0.1, -0.05) is 13.0 Å². The lowest BCUT2D eigenvalue weighted by molar-refractivity contribution is -0.384. The van der Waals surface area contributed by atoms with Gasteiger partial charge in [0.15, 0.2) is 0 Å². The zero-order valence-corrected chi connectivity index (χ0v) is 10.7. The second-order valence-corrected chi connectivity index (χ2v) is 5.63. The number of non-ortho nitro benzene ring substituents is 1. The van der Waals surface area contributed by atoms with Crippen LogP contribution in [0.25, 0.3) is 0 Å². The van der Waals surface area contributed by atoms with Gasteiger partial charge in [0.2, 0.25) is 0 Å². The fourth-order valence-electron chi connectivity index (χ4n) is 1.32. The third-order valence-corrected chi connectivity index (χ3v) is 3.87. The van der Waals surface area contributed by atoms with Gasteiger partial charge in [-0.2, -0.15) is 0 Å². The van der Waals surface area contributed by atoms with Crippen molar-refractivity contribution in [2.75, 3.05) is 18.1 Å². The standard InChI is InChI=1S/C11H16N2O3S/c1-9(17(2)16)6-7-12-10-4-3-5-11(8-10)13(14)15/h3-5,8-9,12H,6-7H2,1-2H3. The summed E-state index contributed by atoms with van der Waals surface area (Å²) in [5, 5.41) is 13.8. The van der Waals surface area contributed by atoms with Crippen LogP contribution >= 0.6 is 0 Å². The minimum absolute atomic E-state index is 0.0714. The van der Waals surface area contributed by atoms with Gasteiger partial charge in [-0.05, 0) is 12.5 Å². The lowest BCUT2D eigenvalue weighted by Gasteiger charge is -2.09. The van der Waals surface area contributed by atoms with Crippen molar-refractivity contribution >= 4 is 22.2 Å². The van der Waals surface area contributed by atoms with Crippen molar-refractivity contribution in [1.29, 1.82) is 0 Å². The molecule has 0 aliphatic rings. The van der Waals surface area contributed by atoms with Crippen LogP contribution in [0, 0.1) is 10.1 Å². The van der Waals surface area contributed by atoms with Crippen molar-refractivity contribution < 1.29 is 9.13 Å². The minimum atomic E-state index is -0.828. The van der Waals surface area contributed by atoms with E-state index in [1.165, 1.54) is 12.1 Å². The molecule has 94 valence electrons. The van der Waals surface area contributed by atoms with Crippen LogP contribution in [0.5, 0.6) is 0 Å². The molecule has 0 saturated carbocycles. The summed E-state index contributed by atoms with van der Waals surface area (Å²) in [5.74, 6) is 0. The lowest BCUT2D eigenvalue weighted by atomic mass is 10.2. The largest absolute Gasteiger partial charge is 0.385 e. The highest BCUT2D eigenvalue weighted by Gasteiger charge is 2.07. The van der Waals surface area contributed by atoms with E-state index in [1.807, 2.05) is 6.92 Å². The molecule has 0 radical (unpaired) electrons. The molecule has 5 nitrogen and oxygen atoms in total. The summed E-state index contributed by atoms with van der Waals surface area (Å²) >= 11 is 0. The molecule has 2 atom stereocenters. The summed E-state index contributed by atoms with van der Waals surface area (Å²) in [5.41, 5.74) is 0.787. The first-order valence-electron chi connectivity index (χ1n) is 5.31. The Labute approximate surface area is 103 Å². The van der Waals surface area contributed by atoms with E-state index >= 15 is 0 Å². The van der Waals surface area contributed by atoms with Gasteiger partial charge in [-0.15, -0.1) is 0 Å². The van der Waals surface area contributed by atoms with E-state index in [4.69, 9.17) is 0 Å². The van der Waals surface area contributed by atoms with Crippen LogP contribution in [0.2, 0.25) is 0 Å². The maximum absolute atomic E-state index is 11.1. The van der Waals surface area contributed by atoms with Gasteiger partial charge in [-0.25, -0.2) is 0 Å². The maximum atomic E-state index is 11.1. The number of benzene rings is 1. The average Bonchev–Trinajstić information content (AvgIpc) is 2.29. The van der Waals surface area contributed by atoms with Crippen molar-refractivity contribution in [2.24, 2.45) is 0 Å². The lowest BCUT2D eigenvalue weighted by Crippen LogP contribution is -2.14. The number of nitrogens with one attached hydrogen (secondary N) is 1. The molecule has 0 aliphatic heterocycles. The van der Waals surface area contributed by atoms with Gasteiger partial charge in [0.25, 0.3) is 5.69 Å². The van der Waals surface area contributed by atoms with Gasteiger partial charge in [0, 0.05) is 46.7 Å². The molecule has 1 aromatic carbocycles. The van der Waals surface area contributed by atoms with Crippen LogP contribution in [0.4, 0.5) is 11.4 Å². The molecule has 0 bridgehead atoms. The highest BCUT2D eigenvalue weighted by molar-refractivity contribution is 7.84. The topological polar surface area (TPSA) is 72.2 Å². The number of hydrogen-bond donors (Lipinski definition) is 1. The summed E-state index contributed by atoms with van der Waals surface area (Å²) in [7, 11) is -0.828. The van der Waals surface area contributed by atoms with Gasteiger partial charge in [0.05, 0.1) is 4.92 Å². The van der Waals surface area contributed by atoms with Crippen LogP contribution in [-0.2, 0) is 10.8 Å². The van der Waals surface area contributed by atoms with E-state index in [0.29, 0.717) is 12.2 Å². The summed E-state index contributed by atoms with van der Waals surface area (Å²) < 4.78 is 11.1. The molecule has 17 heavy (non-hydrogen) atoms. The molecule has 0 saturated heterocycles. The Morgan fingerprint density at radius 3 is 2.82 bits per heavy atom. The summed E-state index contributed by atoms with van der Waals surface area (Å²) in [6, 6.07) is 6.37. The van der Waals surface area contributed by atoms with Gasteiger partial charge in [-0.3, -0.25) is 14.3 Å². The highest BCUT2D eigenvalue weighted by atomic mass is 32.2. The summed E-state index contributed by atoms with van der Waals surface area (Å²) in [6.07, 6.45) is 2.45. The first-order valence-corrected chi connectivity index (χ1v) is 6.93. The van der Waals surface area contributed by atoms with Crippen LogP contribution in [0.1, 0.15) is 13.3 Å².